The monoisotopic (exact) mass is 416 g/mol. The van der Waals surface area contributed by atoms with E-state index in [1.54, 1.807) is 18.2 Å². The van der Waals surface area contributed by atoms with Crippen molar-refractivity contribution in [3.05, 3.63) is 69.8 Å². The van der Waals surface area contributed by atoms with Gasteiger partial charge < -0.3 is 15.4 Å². The van der Waals surface area contributed by atoms with Crippen LogP contribution in [0.2, 0.25) is 5.02 Å². The Hall–Kier alpha value is -3.50. The summed E-state index contributed by atoms with van der Waals surface area (Å²) in [6.45, 7) is 0.784. The first kappa shape index (κ1) is 20.2. The molecule has 150 valence electrons. The number of carbonyl (C=O) groups excluding carboxylic acids is 1. The van der Waals surface area contributed by atoms with Crippen molar-refractivity contribution in [2.24, 2.45) is 0 Å². The predicted octanol–water partition coefficient (Wildman–Crippen LogP) is 3.14. The molecule has 0 spiro atoms. The van der Waals surface area contributed by atoms with Gasteiger partial charge in [-0.3, -0.25) is 14.9 Å². The molecule has 1 aromatic heterocycles. The van der Waals surface area contributed by atoms with Crippen LogP contribution in [0.15, 0.2) is 49.1 Å². The van der Waals surface area contributed by atoms with Crippen molar-refractivity contribution in [1.82, 2.24) is 14.8 Å². The molecule has 0 aliphatic heterocycles. The number of nitro benzene ring substituents is 1. The Morgan fingerprint density at radius 2 is 2.10 bits per heavy atom. The Kier molecular flexibility index (Phi) is 6.37. The number of methoxy groups -OCH3 is 1. The lowest BCUT2D eigenvalue weighted by Crippen LogP contribution is -2.15. The SMILES string of the molecule is COCCNc1ccc(C(=O)Nc2cc(Cl)ccc2-n2cncn2)cc1[N+](=O)[O-]. The fourth-order valence-electron chi connectivity index (χ4n) is 2.60. The lowest BCUT2D eigenvalue weighted by atomic mass is 10.1. The molecule has 11 heteroatoms. The number of nitrogens with zero attached hydrogens (tertiary/aromatic N) is 4. The van der Waals surface area contributed by atoms with Gasteiger partial charge in [0.15, 0.2) is 0 Å². The summed E-state index contributed by atoms with van der Waals surface area (Å²) in [4.78, 5) is 27.5. The van der Waals surface area contributed by atoms with Crippen LogP contribution in [0.1, 0.15) is 10.4 Å². The van der Waals surface area contributed by atoms with Crippen LogP contribution in [0.5, 0.6) is 0 Å². The molecule has 0 aliphatic carbocycles. The Labute approximate surface area is 170 Å². The van der Waals surface area contributed by atoms with Crippen molar-refractivity contribution in [3.8, 4) is 5.69 Å². The largest absolute Gasteiger partial charge is 0.383 e. The Bertz CT molecular complexity index is 1030. The summed E-state index contributed by atoms with van der Waals surface area (Å²) in [5.41, 5.74) is 1.15. The second kappa shape index (κ2) is 9.13. The van der Waals surface area contributed by atoms with Gasteiger partial charge in [0, 0.05) is 30.3 Å². The van der Waals surface area contributed by atoms with Gasteiger partial charge in [-0.15, -0.1) is 0 Å². The number of nitro groups is 1. The van der Waals surface area contributed by atoms with Crippen molar-refractivity contribution in [3.63, 3.8) is 0 Å². The first-order valence-electron chi connectivity index (χ1n) is 8.46. The van der Waals surface area contributed by atoms with Crippen LogP contribution in [-0.4, -0.2) is 45.9 Å². The van der Waals surface area contributed by atoms with Gasteiger partial charge in [0.05, 0.1) is 22.9 Å². The molecule has 0 radical (unpaired) electrons. The molecule has 2 N–H and O–H groups in total. The Morgan fingerprint density at radius 1 is 1.28 bits per heavy atom. The number of anilines is 2. The number of ether oxygens (including phenoxy) is 1. The van der Waals surface area contributed by atoms with Crippen molar-refractivity contribution in [2.75, 3.05) is 30.9 Å². The fraction of sp³-hybridized carbons (Fsp3) is 0.167. The summed E-state index contributed by atoms with van der Waals surface area (Å²) in [5, 5.41) is 21.5. The second-order valence-electron chi connectivity index (χ2n) is 5.86. The number of hydrogen-bond acceptors (Lipinski definition) is 7. The number of nitrogens with one attached hydrogen (secondary N) is 2. The molecule has 1 heterocycles. The number of hydrogen-bond donors (Lipinski definition) is 2. The van der Waals surface area contributed by atoms with Crippen molar-refractivity contribution < 1.29 is 14.5 Å². The minimum atomic E-state index is -0.549. The van der Waals surface area contributed by atoms with Gasteiger partial charge in [-0.2, -0.15) is 5.10 Å². The maximum Gasteiger partial charge on any atom is 0.293 e. The number of halogens is 1. The summed E-state index contributed by atoms with van der Waals surface area (Å²) in [6.07, 6.45) is 2.84. The van der Waals surface area contributed by atoms with Gasteiger partial charge in [0.1, 0.15) is 18.3 Å². The van der Waals surface area contributed by atoms with Gasteiger partial charge >= 0.3 is 0 Å². The Morgan fingerprint density at radius 3 is 2.79 bits per heavy atom. The quantitative estimate of drug-likeness (QED) is 0.328. The van der Waals surface area contributed by atoms with Crippen LogP contribution in [0, 0.1) is 10.1 Å². The van der Waals surface area contributed by atoms with Crippen LogP contribution in [-0.2, 0) is 4.74 Å². The summed E-state index contributed by atoms with van der Waals surface area (Å²) in [6, 6.07) is 9.09. The third-order valence-electron chi connectivity index (χ3n) is 3.95. The molecule has 0 saturated heterocycles. The van der Waals surface area contributed by atoms with E-state index in [0.29, 0.717) is 35.2 Å². The normalized spacial score (nSPS) is 10.6. The molecule has 1 amide bonds. The molecule has 2 aromatic carbocycles. The van der Waals surface area contributed by atoms with Crippen molar-refractivity contribution >= 4 is 34.6 Å². The van der Waals surface area contributed by atoms with E-state index >= 15 is 0 Å². The molecule has 0 saturated carbocycles. The third-order valence-corrected chi connectivity index (χ3v) is 4.19. The lowest BCUT2D eigenvalue weighted by molar-refractivity contribution is -0.384. The van der Waals surface area contributed by atoms with Crippen molar-refractivity contribution in [2.45, 2.75) is 0 Å². The highest BCUT2D eigenvalue weighted by atomic mass is 35.5. The van der Waals surface area contributed by atoms with Crippen LogP contribution in [0.3, 0.4) is 0 Å². The maximum absolute atomic E-state index is 12.7. The average Bonchev–Trinajstić information content (AvgIpc) is 3.23. The molecular weight excluding hydrogens is 400 g/mol. The number of amides is 1. The van der Waals surface area contributed by atoms with Gasteiger partial charge in [0.2, 0.25) is 0 Å². The highest BCUT2D eigenvalue weighted by molar-refractivity contribution is 6.31. The standard InChI is InChI=1S/C18H17ClN6O4/c1-29-7-6-21-14-4-2-12(8-17(14)25(27)28)18(26)23-15-9-13(19)3-5-16(15)24-11-20-10-22-24/h2-5,8-11,21H,6-7H2,1H3,(H,23,26). The second-order valence-corrected chi connectivity index (χ2v) is 6.30. The number of rotatable bonds is 8. The van der Waals surface area contributed by atoms with E-state index in [2.05, 4.69) is 20.7 Å². The van der Waals surface area contributed by atoms with Crippen LogP contribution in [0.25, 0.3) is 5.69 Å². The van der Waals surface area contributed by atoms with E-state index in [4.69, 9.17) is 16.3 Å². The van der Waals surface area contributed by atoms with E-state index in [9.17, 15) is 14.9 Å². The smallest absolute Gasteiger partial charge is 0.293 e. The van der Waals surface area contributed by atoms with Gasteiger partial charge in [-0.25, -0.2) is 9.67 Å². The molecular formula is C18H17ClN6O4. The number of carbonyl (C=O) groups is 1. The lowest BCUT2D eigenvalue weighted by Gasteiger charge is -2.12. The highest BCUT2D eigenvalue weighted by Crippen LogP contribution is 2.28. The predicted molar refractivity (Wildman–Crippen MR) is 108 cm³/mol. The van der Waals surface area contributed by atoms with Crippen LogP contribution in [0.4, 0.5) is 17.1 Å². The van der Waals surface area contributed by atoms with Gasteiger partial charge in [0.25, 0.3) is 11.6 Å². The third kappa shape index (κ3) is 4.86. The Balaban J connectivity index is 1.87. The van der Waals surface area contributed by atoms with E-state index in [1.807, 2.05) is 0 Å². The number of aromatic nitrogens is 3. The zero-order chi connectivity index (χ0) is 20.8. The summed E-state index contributed by atoms with van der Waals surface area (Å²) < 4.78 is 6.39. The summed E-state index contributed by atoms with van der Waals surface area (Å²) in [7, 11) is 1.53. The van der Waals surface area contributed by atoms with E-state index in [-0.39, 0.29) is 11.3 Å². The van der Waals surface area contributed by atoms with Gasteiger partial charge in [-0.05, 0) is 30.3 Å². The zero-order valence-electron chi connectivity index (χ0n) is 15.3. The molecule has 29 heavy (non-hydrogen) atoms. The molecule has 0 fully saturated rings. The fourth-order valence-corrected chi connectivity index (χ4v) is 2.77. The van der Waals surface area contributed by atoms with Crippen LogP contribution >= 0.6 is 11.6 Å². The molecule has 3 rings (SSSR count). The minimum absolute atomic E-state index is 0.124. The zero-order valence-corrected chi connectivity index (χ0v) is 16.1. The first-order chi connectivity index (χ1) is 14.0. The van der Waals surface area contributed by atoms with Crippen molar-refractivity contribution in [1.29, 1.82) is 0 Å². The van der Waals surface area contributed by atoms with Crippen LogP contribution < -0.4 is 10.6 Å². The number of benzene rings is 2. The first-order valence-corrected chi connectivity index (χ1v) is 8.84. The topological polar surface area (TPSA) is 124 Å². The molecule has 3 aromatic rings. The molecule has 0 unspecified atom stereocenters. The minimum Gasteiger partial charge on any atom is -0.383 e. The summed E-state index contributed by atoms with van der Waals surface area (Å²) >= 11 is 6.05. The average molecular weight is 417 g/mol. The summed E-state index contributed by atoms with van der Waals surface area (Å²) in [5.74, 6) is -0.528. The van der Waals surface area contributed by atoms with E-state index in [1.165, 1.54) is 42.6 Å². The molecule has 0 bridgehead atoms. The maximum atomic E-state index is 12.7. The van der Waals surface area contributed by atoms with Gasteiger partial charge in [-0.1, -0.05) is 11.6 Å². The molecule has 0 aliphatic rings. The highest BCUT2D eigenvalue weighted by Gasteiger charge is 2.18. The van der Waals surface area contributed by atoms with E-state index in [0.717, 1.165) is 0 Å². The molecule has 0 atom stereocenters. The molecule has 10 nitrogen and oxygen atoms in total. The van der Waals surface area contributed by atoms with E-state index < -0.39 is 10.8 Å².